The van der Waals surface area contributed by atoms with Gasteiger partial charge in [0.2, 0.25) is 5.78 Å². The highest BCUT2D eigenvalue weighted by Crippen LogP contribution is 2.37. The van der Waals surface area contributed by atoms with Crippen molar-refractivity contribution < 1.29 is 23.1 Å². The van der Waals surface area contributed by atoms with Crippen molar-refractivity contribution in [3.05, 3.63) is 35.7 Å². The number of Topliss-reactive ketones (excluding diaryl/α,β-unsaturated/α-hetero) is 1. The second kappa shape index (κ2) is 6.36. The zero-order chi connectivity index (χ0) is 16.3. The van der Waals surface area contributed by atoms with Gasteiger partial charge in [0.25, 0.3) is 0 Å². The standard InChI is InChI=1S/C15H15F3N2O2/c16-15(17,18)14(22)9-5-6-13(21)11(7-9)12-4-2-1-3-10(8-19)20-12/h1-4,9,11,13,20-21H,5-7H2. The number of aliphatic hydroxyl groups is 1. The number of carbonyl (C=O) groups is 1. The van der Waals surface area contributed by atoms with E-state index in [0.717, 1.165) is 0 Å². The number of hydrogen-bond acceptors (Lipinski definition) is 4. The summed E-state index contributed by atoms with van der Waals surface area (Å²) in [5.74, 6) is -3.53. The summed E-state index contributed by atoms with van der Waals surface area (Å²) in [4.78, 5) is 11.4. The number of alkyl halides is 3. The molecule has 2 rings (SSSR count). The minimum absolute atomic E-state index is 0.0140. The third kappa shape index (κ3) is 3.57. The molecule has 0 amide bonds. The van der Waals surface area contributed by atoms with Crippen LogP contribution in [0.15, 0.2) is 35.7 Å². The second-order valence-corrected chi connectivity index (χ2v) is 5.37. The van der Waals surface area contributed by atoms with E-state index >= 15 is 0 Å². The molecule has 0 radical (unpaired) electrons. The number of ketones is 1. The zero-order valence-electron chi connectivity index (χ0n) is 11.6. The van der Waals surface area contributed by atoms with Gasteiger partial charge in [-0.2, -0.15) is 18.4 Å². The predicted molar refractivity (Wildman–Crippen MR) is 72.0 cm³/mol. The highest BCUT2D eigenvalue weighted by molar-refractivity contribution is 5.86. The zero-order valence-corrected chi connectivity index (χ0v) is 11.6. The van der Waals surface area contributed by atoms with Gasteiger partial charge in [-0.1, -0.05) is 12.2 Å². The van der Waals surface area contributed by atoms with E-state index in [1.165, 1.54) is 6.08 Å². The third-order valence-corrected chi connectivity index (χ3v) is 3.91. The van der Waals surface area contributed by atoms with Crippen LogP contribution in [0.1, 0.15) is 19.3 Å². The van der Waals surface area contributed by atoms with Gasteiger partial charge >= 0.3 is 6.18 Å². The smallest absolute Gasteiger partial charge is 0.392 e. The predicted octanol–water partition coefficient (Wildman–Crippen LogP) is 2.35. The van der Waals surface area contributed by atoms with Gasteiger partial charge in [0, 0.05) is 17.5 Å². The Hall–Kier alpha value is -2.07. The average molecular weight is 312 g/mol. The van der Waals surface area contributed by atoms with E-state index in [1.807, 2.05) is 6.07 Å². The Morgan fingerprint density at radius 3 is 2.64 bits per heavy atom. The van der Waals surface area contributed by atoms with Gasteiger partial charge in [-0.25, -0.2) is 0 Å². The summed E-state index contributed by atoms with van der Waals surface area (Å²) < 4.78 is 37.7. The normalized spacial score (nSPS) is 28.8. The van der Waals surface area contributed by atoms with Crippen molar-refractivity contribution in [3.8, 4) is 6.07 Å². The number of nitriles is 1. The number of carbonyl (C=O) groups excluding carboxylic acids is 1. The highest BCUT2D eigenvalue weighted by Gasteiger charge is 2.46. The molecular formula is C15H15F3N2O2. The maximum atomic E-state index is 12.6. The molecule has 0 aromatic rings. The first-order valence-electron chi connectivity index (χ1n) is 6.87. The van der Waals surface area contributed by atoms with E-state index in [2.05, 4.69) is 5.32 Å². The van der Waals surface area contributed by atoms with Crippen LogP contribution in [0.2, 0.25) is 0 Å². The Balaban J connectivity index is 2.18. The summed E-state index contributed by atoms with van der Waals surface area (Å²) in [5, 5.41) is 21.8. The van der Waals surface area contributed by atoms with Crippen LogP contribution in [-0.2, 0) is 4.79 Å². The van der Waals surface area contributed by atoms with Gasteiger partial charge in [0.1, 0.15) is 11.8 Å². The maximum Gasteiger partial charge on any atom is 0.450 e. The lowest BCUT2D eigenvalue weighted by Crippen LogP contribution is -2.40. The lowest BCUT2D eigenvalue weighted by atomic mass is 9.75. The van der Waals surface area contributed by atoms with E-state index < -0.39 is 29.9 Å². The molecule has 0 aromatic heterocycles. The van der Waals surface area contributed by atoms with Crippen LogP contribution < -0.4 is 5.32 Å². The first-order chi connectivity index (χ1) is 10.3. The molecule has 0 saturated heterocycles. The van der Waals surface area contributed by atoms with E-state index in [9.17, 15) is 23.1 Å². The largest absolute Gasteiger partial charge is 0.450 e. The van der Waals surface area contributed by atoms with Crippen molar-refractivity contribution in [2.75, 3.05) is 0 Å². The lowest BCUT2D eigenvalue weighted by Gasteiger charge is -2.34. The topological polar surface area (TPSA) is 73.1 Å². The maximum absolute atomic E-state index is 12.6. The monoisotopic (exact) mass is 312 g/mol. The second-order valence-electron chi connectivity index (χ2n) is 5.37. The fourth-order valence-electron chi connectivity index (χ4n) is 2.79. The van der Waals surface area contributed by atoms with Crippen molar-refractivity contribution in [2.24, 2.45) is 11.8 Å². The van der Waals surface area contributed by atoms with Gasteiger partial charge in [-0.3, -0.25) is 4.79 Å². The number of aliphatic hydroxyl groups excluding tert-OH is 1. The fraction of sp³-hybridized carbons (Fsp3) is 0.467. The third-order valence-electron chi connectivity index (χ3n) is 3.91. The summed E-state index contributed by atoms with van der Waals surface area (Å²) in [7, 11) is 0. The molecule has 7 heteroatoms. The molecule has 2 N–H and O–H groups in total. The number of halogens is 3. The molecule has 4 nitrogen and oxygen atoms in total. The van der Waals surface area contributed by atoms with E-state index in [4.69, 9.17) is 5.26 Å². The molecule has 3 atom stereocenters. The quantitative estimate of drug-likeness (QED) is 0.821. The van der Waals surface area contributed by atoms with E-state index in [0.29, 0.717) is 5.70 Å². The van der Waals surface area contributed by atoms with E-state index in [1.54, 1.807) is 18.2 Å². The molecule has 1 saturated carbocycles. The van der Waals surface area contributed by atoms with Crippen LogP contribution in [0.5, 0.6) is 0 Å². The minimum Gasteiger partial charge on any atom is -0.392 e. The summed E-state index contributed by atoms with van der Waals surface area (Å²) in [6.45, 7) is 0. The molecule has 22 heavy (non-hydrogen) atoms. The van der Waals surface area contributed by atoms with E-state index in [-0.39, 0.29) is 25.0 Å². The van der Waals surface area contributed by atoms with Gasteiger partial charge < -0.3 is 10.4 Å². The fourth-order valence-corrected chi connectivity index (χ4v) is 2.79. The van der Waals surface area contributed by atoms with Crippen LogP contribution in [0.25, 0.3) is 0 Å². The first kappa shape index (κ1) is 16.3. The summed E-state index contributed by atoms with van der Waals surface area (Å²) in [6, 6.07) is 1.92. The number of nitrogens with zero attached hydrogens (tertiary/aromatic N) is 1. The van der Waals surface area contributed by atoms with Crippen LogP contribution >= 0.6 is 0 Å². The summed E-state index contributed by atoms with van der Waals surface area (Å²) in [6.07, 6.45) is 0.714. The molecule has 0 bridgehead atoms. The van der Waals surface area contributed by atoms with Gasteiger partial charge in [0.05, 0.1) is 6.10 Å². The molecule has 1 aliphatic carbocycles. The van der Waals surface area contributed by atoms with Crippen LogP contribution in [0, 0.1) is 23.2 Å². The van der Waals surface area contributed by atoms with Crippen LogP contribution in [0.4, 0.5) is 13.2 Å². The van der Waals surface area contributed by atoms with Crippen LogP contribution in [-0.4, -0.2) is 23.2 Å². The molecule has 118 valence electrons. The Labute approximate surface area is 125 Å². The molecule has 1 aliphatic heterocycles. The molecule has 0 aromatic carbocycles. The average Bonchev–Trinajstić information content (AvgIpc) is 2.71. The molecular weight excluding hydrogens is 297 g/mol. The van der Waals surface area contributed by atoms with Crippen molar-refractivity contribution in [3.63, 3.8) is 0 Å². The van der Waals surface area contributed by atoms with Gasteiger partial charge in [-0.15, -0.1) is 0 Å². The first-order valence-corrected chi connectivity index (χ1v) is 6.87. The number of rotatable bonds is 2. The van der Waals surface area contributed by atoms with Crippen molar-refractivity contribution in [1.29, 1.82) is 5.26 Å². The highest BCUT2D eigenvalue weighted by atomic mass is 19.4. The molecule has 2 aliphatic rings. The Bertz CT molecular complexity index is 585. The number of hydrogen-bond donors (Lipinski definition) is 2. The van der Waals surface area contributed by atoms with Crippen molar-refractivity contribution in [1.82, 2.24) is 5.32 Å². The summed E-state index contributed by atoms with van der Waals surface area (Å²) in [5.41, 5.74) is 0.685. The number of nitrogens with one attached hydrogen (secondary N) is 1. The molecule has 3 unspecified atom stereocenters. The molecule has 1 heterocycles. The Kier molecular flexibility index (Phi) is 4.71. The lowest BCUT2D eigenvalue weighted by molar-refractivity contribution is -0.177. The summed E-state index contributed by atoms with van der Waals surface area (Å²) >= 11 is 0. The molecule has 0 spiro atoms. The Morgan fingerprint density at radius 1 is 1.32 bits per heavy atom. The Morgan fingerprint density at radius 2 is 2.00 bits per heavy atom. The van der Waals surface area contributed by atoms with Crippen LogP contribution in [0.3, 0.4) is 0 Å². The van der Waals surface area contributed by atoms with Crippen molar-refractivity contribution >= 4 is 5.78 Å². The van der Waals surface area contributed by atoms with Crippen molar-refractivity contribution in [2.45, 2.75) is 31.5 Å². The SMILES string of the molecule is N#CC1=CC=CC=C(C2CC(C(=O)C(F)(F)F)CCC2O)N1. The molecule has 1 fully saturated rings. The minimum atomic E-state index is -4.86. The van der Waals surface area contributed by atoms with Gasteiger partial charge in [0.15, 0.2) is 0 Å². The van der Waals surface area contributed by atoms with Gasteiger partial charge in [-0.05, 0) is 31.4 Å². The number of allylic oxidation sites excluding steroid dienone is 5.